The lowest BCUT2D eigenvalue weighted by atomic mass is 10.1. The van der Waals surface area contributed by atoms with Gasteiger partial charge in [0.15, 0.2) is 11.5 Å². The lowest BCUT2D eigenvalue weighted by Gasteiger charge is -2.16. The molecule has 2 heterocycles. The third-order valence-electron chi connectivity index (χ3n) is 5.22. The number of carbonyl (C=O) groups excluding carboxylic acids is 1. The van der Waals surface area contributed by atoms with Gasteiger partial charge in [-0.05, 0) is 61.2 Å². The van der Waals surface area contributed by atoms with E-state index in [0.29, 0.717) is 30.0 Å². The van der Waals surface area contributed by atoms with Crippen LogP contribution in [0.5, 0.6) is 11.5 Å². The fourth-order valence-electron chi connectivity index (χ4n) is 3.39. The lowest BCUT2D eigenvalue weighted by molar-refractivity contribution is 0.0937. The van der Waals surface area contributed by atoms with Crippen molar-refractivity contribution in [2.45, 2.75) is 32.9 Å². The third-order valence-corrected chi connectivity index (χ3v) is 5.22. The highest BCUT2D eigenvalue weighted by Crippen LogP contribution is 2.27. The zero-order chi connectivity index (χ0) is 22.4. The summed E-state index contributed by atoms with van der Waals surface area (Å²) in [5.74, 6) is 0.903. The largest absolute Gasteiger partial charge is 0.493 e. The average molecular weight is 421 g/mol. The first kappa shape index (κ1) is 22.1. The molecule has 1 aromatic carbocycles. The number of aromatic nitrogens is 2. The topological polar surface area (TPSA) is 82.5 Å². The van der Waals surface area contributed by atoms with Crippen molar-refractivity contribution in [3.63, 3.8) is 0 Å². The van der Waals surface area contributed by atoms with Gasteiger partial charge in [-0.3, -0.25) is 14.6 Å². The molecule has 1 atom stereocenters. The van der Waals surface area contributed by atoms with E-state index >= 15 is 0 Å². The number of amides is 1. The highest BCUT2D eigenvalue weighted by atomic mass is 16.5. The molecule has 0 aliphatic rings. The number of hydrogen-bond acceptors (Lipinski definition) is 5. The van der Waals surface area contributed by atoms with Crippen LogP contribution in [0, 0.1) is 6.92 Å². The predicted octanol–water partition coefficient (Wildman–Crippen LogP) is 3.30. The molecule has 162 valence electrons. The van der Waals surface area contributed by atoms with Crippen LogP contribution < -0.4 is 20.3 Å². The first-order chi connectivity index (χ1) is 14.9. The molecular weight excluding hydrogens is 394 g/mol. The van der Waals surface area contributed by atoms with E-state index in [1.54, 1.807) is 50.4 Å². The Morgan fingerprint density at radius 2 is 1.94 bits per heavy atom. The summed E-state index contributed by atoms with van der Waals surface area (Å²) in [5, 5.41) is 2.90. The van der Waals surface area contributed by atoms with E-state index in [1.807, 2.05) is 37.3 Å². The number of carbonyl (C=O) groups is 1. The summed E-state index contributed by atoms with van der Waals surface area (Å²) >= 11 is 0. The molecule has 0 saturated carbocycles. The SMILES string of the molecule is COc1ccc(CCn2ccc(C)c(C(=O)NC(C)c3cccnc3)c2=O)cc1OC. The summed E-state index contributed by atoms with van der Waals surface area (Å²) in [4.78, 5) is 30.0. The van der Waals surface area contributed by atoms with Crippen molar-refractivity contribution in [3.05, 3.63) is 87.6 Å². The maximum Gasteiger partial charge on any atom is 0.263 e. The second kappa shape index (κ2) is 9.93. The number of nitrogens with one attached hydrogen (secondary N) is 1. The molecule has 0 fully saturated rings. The number of hydrogen-bond donors (Lipinski definition) is 1. The molecule has 1 amide bonds. The highest BCUT2D eigenvalue weighted by molar-refractivity contribution is 5.95. The van der Waals surface area contributed by atoms with Crippen molar-refractivity contribution < 1.29 is 14.3 Å². The van der Waals surface area contributed by atoms with Gasteiger partial charge in [0.05, 0.1) is 20.3 Å². The molecule has 7 heteroatoms. The fraction of sp³-hybridized carbons (Fsp3) is 0.292. The van der Waals surface area contributed by atoms with Gasteiger partial charge in [-0.1, -0.05) is 12.1 Å². The summed E-state index contributed by atoms with van der Waals surface area (Å²) in [7, 11) is 3.18. The molecule has 1 unspecified atom stereocenters. The van der Waals surface area contributed by atoms with Crippen molar-refractivity contribution in [3.8, 4) is 11.5 Å². The Morgan fingerprint density at radius 1 is 1.16 bits per heavy atom. The molecule has 3 aromatic rings. The summed E-state index contributed by atoms with van der Waals surface area (Å²) in [6.07, 6.45) is 5.71. The monoisotopic (exact) mass is 421 g/mol. The molecule has 31 heavy (non-hydrogen) atoms. The molecule has 0 saturated heterocycles. The Balaban J connectivity index is 1.77. The standard InChI is InChI=1S/C24H27N3O4/c1-16-9-12-27(13-10-18-7-8-20(30-3)21(14-18)31-4)24(29)22(16)23(28)26-17(2)19-6-5-11-25-15-19/h5-9,11-12,14-15,17H,10,13H2,1-4H3,(H,26,28). The minimum atomic E-state index is -0.390. The van der Waals surface area contributed by atoms with Crippen LogP contribution in [-0.2, 0) is 13.0 Å². The van der Waals surface area contributed by atoms with Gasteiger partial charge in [0, 0.05) is 25.1 Å². The van der Waals surface area contributed by atoms with E-state index in [0.717, 1.165) is 11.1 Å². The van der Waals surface area contributed by atoms with Gasteiger partial charge < -0.3 is 19.4 Å². The molecule has 3 rings (SSSR count). The summed E-state index contributed by atoms with van der Waals surface area (Å²) in [6.45, 7) is 4.07. The van der Waals surface area contributed by atoms with Crippen LogP contribution >= 0.6 is 0 Å². The Morgan fingerprint density at radius 3 is 2.61 bits per heavy atom. The van der Waals surface area contributed by atoms with E-state index in [-0.39, 0.29) is 23.1 Å². The van der Waals surface area contributed by atoms with Crippen molar-refractivity contribution >= 4 is 5.91 Å². The van der Waals surface area contributed by atoms with Crippen LogP contribution in [0.25, 0.3) is 0 Å². The predicted molar refractivity (Wildman–Crippen MR) is 119 cm³/mol. The molecule has 2 aromatic heterocycles. The number of aryl methyl sites for hydroxylation is 3. The fourth-order valence-corrected chi connectivity index (χ4v) is 3.39. The molecule has 0 aliphatic carbocycles. The van der Waals surface area contributed by atoms with E-state index in [1.165, 1.54) is 0 Å². The molecule has 0 spiro atoms. The number of rotatable bonds is 8. The highest BCUT2D eigenvalue weighted by Gasteiger charge is 2.18. The lowest BCUT2D eigenvalue weighted by Crippen LogP contribution is -2.35. The van der Waals surface area contributed by atoms with E-state index < -0.39 is 0 Å². The van der Waals surface area contributed by atoms with Crippen molar-refractivity contribution in [2.75, 3.05) is 14.2 Å². The van der Waals surface area contributed by atoms with E-state index in [4.69, 9.17) is 9.47 Å². The van der Waals surface area contributed by atoms with Crippen molar-refractivity contribution in [2.24, 2.45) is 0 Å². The maximum absolute atomic E-state index is 13.0. The van der Waals surface area contributed by atoms with Crippen molar-refractivity contribution in [1.29, 1.82) is 0 Å². The first-order valence-corrected chi connectivity index (χ1v) is 10.1. The minimum absolute atomic E-state index is 0.158. The zero-order valence-corrected chi connectivity index (χ0v) is 18.2. The number of ether oxygens (including phenoxy) is 2. The quantitative estimate of drug-likeness (QED) is 0.603. The van der Waals surface area contributed by atoms with E-state index in [2.05, 4.69) is 10.3 Å². The van der Waals surface area contributed by atoms with Crippen LogP contribution in [0.2, 0.25) is 0 Å². The van der Waals surface area contributed by atoms with Crippen LogP contribution in [0.15, 0.2) is 59.8 Å². The maximum atomic E-state index is 13.0. The molecular formula is C24H27N3O4. The molecule has 1 N–H and O–H groups in total. The second-order valence-electron chi connectivity index (χ2n) is 7.29. The normalized spacial score (nSPS) is 11.6. The minimum Gasteiger partial charge on any atom is -0.493 e. The molecule has 7 nitrogen and oxygen atoms in total. The van der Waals surface area contributed by atoms with Crippen LogP contribution in [0.3, 0.4) is 0 Å². The van der Waals surface area contributed by atoms with Crippen LogP contribution in [0.4, 0.5) is 0 Å². The van der Waals surface area contributed by atoms with Gasteiger partial charge in [-0.25, -0.2) is 0 Å². The zero-order valence-electron chi connectivity index (χ0n) is 18.2. The van der Waals surface area contributed by atoms with Gasteiger partial charge in [-0.2, -0.15) is 0 Å². The Kier molecular flexibility index (Phi) is 7.07. The van der Waals surface area contributed by atoms with Gasteiger partial charge in [0.25, 0.3) is 11.5 Å². The number of methoxy groups -OCH3 is 2. The first-order valence-electron chi connectivity index (χ1n) is 10.1. The molecule has 0 bridgehead atoms. The van der Waals surface area contributed by atoms with Gasteiger partial charge in [0.1, 0.15) is 5.56 Å². The van der Waals surface area contributed by atoms with E-state index in [9.17, 15) is 9.59 Å². The Hall–Kier alpha value is -3.61. The Bertz CT molecular complexity index is 1110. The van der Waals surface area contributed by atoms with Crippen LogP contribution in [-0.4, -0.2) is 29.7 Å². The van der Waals surface area contributed by atoms with Gasteiger partial charge >= 0.3 is 0 Å². The van der Waals surface area contributed by atoms with Gasteiger partial charge in [0.2, 0.25) is 0 Å². The number of benzene rings is 1. The third kappa shape index (κ3) is 5.12. The second-order valence-corrected chi connectivity index (χ2v) is 7.29. The average Bonchev–Trinajstić information content (AvgIpc) is 2.79. The number of pyridine rings is 2. The van der Waals surface area contributed by atoms with Gasteiger partial charge in [-0.15, -0.1) is 0 Å². The Labute approximate surface area is 181 Å². The molecule has 0 radical (unpaired) electrons. The smallest absolute Gasteiger partial charge is 0.263 e. The summed E-state index contributed by atoms with van der Waals surface area (Å²) in [6, 6.07) is 10.9. The van der Waals surface area contributed by atoms with Crippen LogP contribution in [0.1, 0.15) is 40.0 Å². The van der Waals surface area contributed by atoms with Crippen molar-refractivity contribution in [1.82, 2.24) is 14.9 Å². The summed E-state index contributed by atoms with van der Waals surface area (Å²) in [5.41, 5.74) is 2.37. The number of nitrogens with zero attached hydrogens (tertiary/aromatic N) is 2. The summed E-state index contributed by atoms with van der Waals surface area (Å²) < 4.78 is 12.2. The molecule has 0 aliphatic heterocycles.